The van der Waals surface area contributed by atoms with Gasteiger partial charge in [0.25, 0.3) is 5.91 Å². The maximum atomic E-state index is 12.9. The van der Waals surface area contributed by atoms with Crippen molar-refractivity contribution in [3.8, 4) is 17.3 Å². The number of ether oxygens (including phenoxy) is 1. The van der Waals surface area contributed by atoms with Gasteiger partial charge in [0, 0.05) is 18.0 Å². The molecule has 0 aliphatic heterocycles. The van der Waals surface area contributed by atoms with E-state index in [0.29, 0.717) is 22.2 Å². The number of hydrogen-bond acceptors (Lipinski definition) is 5. The Morgan fingerprint density at radius 2 is 1.80 bits per heavy atom. The number of fused-ring (bicyclic) bond motifs is 1. The summed E-state index contributed by atoms with van der Waals surface area (Å²) < 4.78 is 5.30. The maximum Gasteiger partial charge on any atom is 0.339 e. The first-order valence-corrected chi connectivity index (χ1v) is 9.55. The number of esters is 1. The van der Waals surface area contributed by atoms with Gasteiger partial charge in [-0.05, 0) is 32.9 Å². The zero-order valence-corrected chi connectivity index (χ0v) is 17.5. The van der Waals surface area contributed by atoms with Gasteiger partial charge in [0.2, 0.25) is 0 Å². The molecule has 30 heavy (non-hydrogen) atoms. The molecule has 0 aliphatic rings. The number of likely N-dealkylation sites (N-methyl/N-ethyl adjacent to an activating group) is 1. The number of carbonyl (C=O) groups is 2. The topological polar surface area (TPSA) is 83.3 Å². The summed E-state index contributed by atoms with van der Waals surface area (Å²) in [5.74, 6) is -1.06. The van der Waals surface area contributed by atoms with E-state index in [1.54, 1.807) is 26.0 Å². The smallest absolute Gasteiger partial charge is 0.339 e. The van der Waals surface area contributed by atoms with E-state index in [1.807, 2.05) is 49.4 Å². The molecule has 2 aromatic carbocycles. The Hall–Kier alpha value is -3.72. The molecule has 1 heterocycles. The number of hydrogen-bond donors (Lipinski definition) is 0. The number of aromatic nitrogens is 1. The monoisotopic (exact) mass is 401 g/mol. The molecule has 6 heteroatoms. The Balaban J connectivity index is 1.91. The van der Waals surface area contributed by atoms with Gasteiger partial charge in [-0.15, -0.1) is 0 Å². The molecule has 152 valence electrons. The first kappa shape index (κ1) is 21.0. The van der Waals surface area contributed by atoms with Crippen LogP contribution in [0, 0.1) is 18.3 Å². The van der Waals surface area contributed by atoms with E-state index in [-0.39, 0.29) is 0 Å². The molecule has 0 unspecified atom stereocenters. The molecule has 3 aromatic rings. The summed E-state index contributed by atoms with van der Waals surface area (Å²) in [6.45, 7) is 4.80. The molecule has 1 aromatic heterocycles. The molecular formula is C24H23N3O3. The van der Waals surface area contributed by atoms with Crippen molar-refractivity contribution in [1.29, 1.82) is 5.26 Å². The van der Waals surface area contributed by atoms with Gasteiger partial charge >= 0.3 is 5.97 Å². The first-order chi connectivity index (χ1) is 14.2. The fraction of sp³-hybridized carbons (Fsp3) is 0.250. The highest BCUT2D eigenvalue weighted by Crippen LogP contribution is 2.26. The Morgan fingerprint density at radius 1 is 1.13 bits per heavy atom. The second-order valence-corrected chi connectivity index (χ2v) is 7.64. The van der Waals surface area contributed by atoms with E-state index in [9.17, 15) is 14.9 Å². The number of amides is 1. The largest absolute Gasteiger partial charge is 0.452 e. The molecule has 0 atom stereocenters. The van der Waals surface area contributed by atoms with Gasteiger partial charge in [-0.25, -0.2) is 9.78 Å². The summed E-state index contributed by atoms with van der Waals surface area (Å²) in [4.78, 5) is 31.1. The molecular weight excluding hydrogens is 378 g/mol. The van der Waals surface area contributed by atoms with Crippen LogP contribution in [-0.4, -0.2) is 41.0 Å². The number of pyridine rings is 1. The number of rotatable bonds is 5. The zero-order valence-electron chi connectivity index (χ0n) is 17.5. The number of aryl methyl sites for hydroxylation is 1. The van der Waals surface area contributed by atoms with Crippen molar-refractivity contribution < 1.29 is 14.3 Å². The van der Waals surface area contributed by atoms with Crippen molar-refractivity contribution >= 4 is 22.8 Å². The van der Waals surface area contributed by atoms with Crippen LogP contribution in [0.2, 0.25) is 0 Å². The first-order valence-electron chi connectivity index (χ1n) is 9.55. The Morgan fingerprint density at radius 3 is 2.47 bits per heavy atom. The number of para-hydroxylation sites is 1. The van der Waals surface area contributed by atoms with Crippen LogP contribution in [0.5, 0.6) is 0 Å². The summed E-state index contributed by atoms with van der Waals surface area (Å²) in [6.07, 6.45) is 0. The molecule has 0 spiro atoms. The zero-order chi connectivity index (χ0) is 21.9. The highest BCUT2D eigenvalue weighted by Gasteiger charge is 2.28. The van der Waals surface area contributed by atoms with Crippen molar-refractivity contribution in [2.24, 2.45) is 0 Å². The van der Waals surface area contributed by atoms with Crippen LogP contribution in [-0.2, 0) is 9.53 Å². The van der Waals surface area contributed by atoms with Gasteiger partial charge < -0.3 is 9.64 Å². The number of nitrogens with zero attached hydrogens (tertiary/aromatic N) is 3. The summed E-state index contributed by atoms with van der Waals surface area (Å²) in [7, 11) is 1.51. The molecule has 0 bridgehead atoms. The minimum atomic E-state index is -0.995. The lowest BCUT2D eigenvalue weighted by Gasteiger charge is -2.28. The number of benzene rings is 2. The number of nitriles is 1. The highest BCUT2D eigenvalue weighted by atomic mass is 16.5. The fourth-order valence-electron chi connectivity index (χ4n) is 2.91. The van der Waals surface area contributed by atoms with Crippen LogP contribution in [0.25, 0.3) is 22.2 Å². The van der Waals surface area contributed by atoms with Gasteiger partial charge in [0.1, 0.15) is 5.54 Å². The van der Waals surface area contributed by atoms with Crippen molar-refractivity contribution in [2.75, 3.05) is 13.7 Å². The molecule has 0 saturated heterocycles. The SMILES string of the molecule is Cc1ccc(-c2cc(C(=O)OCC(=O)N(C)C(C)(C)C#N)c3ccccc3n2)cc1. The Bertz CT molecular complexity index is 1140. The highest BCUT2D eigenvalue weighted by molar-refractivity contribution is 6.05. The van der Waals surface area contributed by atoms with Crippen LogP contribution in [0.15, 0.2) is 54.6 Å². The van der Waals surface area contributed by atoms with E-state index in [4.69, 9.17) is 4.74 Å². The second kappa shape index (κ2) is 8.34. The molecule has 0 fully saturated rings. The molecule has 0 saturated carbocycles. The van der Waals surface area contributed by atoms with Crippen LogP contribution in [0.1, 0.15) is 29.8 Å². The van der Waals surface area contributed by atoms with Crippen LogP contribution in [0.4, 0.5) is 0 Å². The normalized spacial score (nSPS) is 11.0. The van der Waals surface area contributed by atoms with Crippen molar-refractivity contribution in [2.45, 2.75) is 26.3 Å². The predicted octanol–water partition coefficient (Wildman–Crippen LogP) is 4.13. The Labute approximate surface area is 175 Å². The predicted molar refractivity (Wildman–Crippen MR) is 115 cm³/mol. The minimum absolute atomic E-state index is 0.339. The van der Waals surface area contributed by atoms with Gasteiger partial charge in [-0.3, -0.25) is 4.79 Å². The molecule has 0 aliphatic carbocycles. The third-order valence-corrected chi connectivity index (χ3v) is 5.10. The molecule has 0 N–H and O–H groups in total. The van der Waals surface area contributed by atoms with Crippen LogP contribution >= 0.6 is 0 Å². The lowest BCUT2D eigenvalue weighted by Crippen LogP contribution is -2.45. The van der Waals surface area contributed by atoms with Crippen molar-refractivity contribution in [3.05, 3.63) is 65.7 Å². The van der Waals surface area contributed by atoms with E-state index >= 15 is 0 Å². The lowest BCUT2D eigenvalue weighted by atomic mass is 10.0. The van der Waals surface area contributed by atoms with Gasteiger partial charge in [0.15, 0.2) is 6.61 Å². The molecule has 1 amide bonds. The minimum Gasteiger partial charge on any atom is -0.452 e. The second-order valence-electron chi connectivity index (χ2n) is 7.64. The summed E-state index contributed by atoms with van der Waals surface area (Å²) in [6, 6.07) is 18.9. The van der Waals surface area contributed by atoms with E-state index in [0.717, 1.165) is 11.1 Å². The van der Waals surface area contributed by atoms with E-state index < -0.39 is 24.0 Å². The van der Waals surface area contributed by atoms with Gasteiger partial charge in [0.05, 0.1) is 22.8 Å². The standard InChI is InChI=1S/C24H23N3O3/c1-16-9-11-17(12-10-16)21-13-19(18-7-5-6-8-20(18)26-21)23(29)30-14-22(28)27(4)24(2,3)15-25/h5-13H,14H2,1-4H3. The molecule has 0 radical (unpaired) electrons. The van der Waals surface area contributed by atoms with Gasteiger partial charge in [-0.2, -0.15) is 5.26 Å². The summed E-state index contributed by atoms with van der Waals surface area (Å²) in [5, 5.41) is 9.83. The number of carbonyl (C=O) groups excluding carboxylic acids is 2. The third kappa shape index (κ3) is 4.31. The Kier molecular flexibility index (Phi) is 5.84. The average Bonchev–Trinajstić information content (AvgIpc) is 2.76. The summed E-state index contributed by atoms with van der Waals surface area (Å²) >= 11 is 0. The van der Waals surface area contributed by atoms with Crippen LogP contribution < -0.4 is 0 Å². The molecule has 3 rings (SSSR count). The fourth-order valence-corrected chi connectivity index (χ4v) is 2.91. The van der Waals surface area contributed by atoms with E-state index in [2.05, 4.69) is 11.1 Å². The summed E-state index contributed by atoms with van der Waals surface area (Å²) in [5.41, 5.74) is 2.66. The third-order valence-electron chi connectivity index (χ3n) is 5.10. The van der Waals surface area contributed by atoms with Crippen molar-refractivity contribution in [3.63, 3.8) is 0 Å². The average molecular weight is 401 g/mol. The van der Waals surface area contributed by atoms with E-state index in [1.165, 1.54) is 11.9 Å². The molecule has 6 nitrogen and oxygen atoms in total. The lowest BCUT2D eigenvalue weighted by molar-refractivity contribution is -0.136. The van der Waals surface area contributed by atoms with Gasteiger partial charge in [-0.1, -0.05) is 48.0 Å². The van der Waals surface area contributed by atoms with Crippen LogP contribution in [0.3, 0.4) is 0 Å². The van der Waals surface area contributed by atoms with Crippen molar-refractivity contribution in [1.82, 2.24) is 9.88 Å². The maximum absolute atomic E-state index is 12.9. The quantitative estimate of drug-likeness (QED) is 0.600.